The van der Waals surface area contributed by atoms with Crippen LogP contribution in [0, 0.1) is 0 Å². The average molecular weight is 761 g/mol. The van der Waals surface area contributed by atoms with Gasteiger partial charge in [-0.05, 0) is 32.1 Å². The maximum atomic E-state index is 12.7. The Kier molecular flexibility index (Phi) is 35.4. The van der Waals surface area contributed by atoms with Gasteiger partial charge in [-0.2, -0.15) is 0 Å². The van der Waals surface area contributed by atoms with Gasteiger partial charge in [0.15, 0.2) is 12.1 Å². The number of nitrogens with zero attached hydrogens (tertiary/aromatic N) is 1. The van der Waals surface area contributed by atoms with E-state index in [-0.39, 0.29) is 42.7 Å². The molecule has 0 aliphatic rings. The van der Waals surface area contributed by atoms with Crippen LogP contribution >= 0.6 is 0 Å². The Hall–Kier alpha value is -2.71. The number of allylic oxidation sites excluding steroid dienone is 8. The van der Waals surface area contributed by atoms with Gasteiger partial charge in [0.25, 0.3) is 0 Å². The van der Waals surface area contributed by atoms with Gasteiger partial charge in [0.2, 0.25) is 0 Å². The predicted octanol–water partition coefficient (Wildman–Crippen LogP) is 11.6. The Morgan fingerprint density at radius 1 is 0.574 bits per heavy atom. The van der Waals surface area contributed by atoms with Crippen LogP contribution in [-0.2, 0) is 28.6 Å². The molecule has 8 heteroatoms. The SMILES string of the molecule is CC/C=C/C=C/C=C/C=C/CCCCCC(=O)OC(COCCC(C(=O)O)[N+](C)(C)C)COC(=O)CCCCCCCCCCCCCCCCCCC. The van der Waals surface area contributed by atoms with Gasteiger partial charge in [0, 0.05) is 19.3 Å². The van der Waals surface area contributed by atoms with E-state index in [1.54, 1.807) is 0 Å². The van der Waals surface area contributed by atoms with Gasteiger partial charge in [-0.3, -0.25) is 9.59 Å². The van der Waals surface area contributed by atoms with Crippen LogP contribution in [0.4, 0.5) is 0 Å². The van der Waals surface area contributed by atoms with Crippen LogP contribution in [0.25, 0.3) is 0 Å². The number of carbonyl (C=O) groups is 3. The van der Waals surface area contributed by atoms with E-state index >= 15 is 0 Å². The maximum Gasteiger partial charge on any atom is 0.362 e. The number of likely N-dealkylation sites (N-methyl/N-ethyl adjacent to an activating group) is 1. The molecule has 0 bridgehead atoms. The molecule has 2 atom stereocenters. The Morgan fingerprint density at radius 3 is 1.54 bits per heavy atom. The highest BCUT2D eigenvalue weighted by molar-refractivity contribution is 5.72. The summed E-state index contributed by atoms with van der Waals surface area (Å²) in [5, 5.41) is 9.61. The molecule has 0 aromatic heterocycles. The lowest BCUT2D eigenvalue weighted by Gasteiger charge is -2.31. The Labute approximate surface area is 331 Å². The molecule has 54 heavy (non-hydrogen) atoms. The van der Waals surface area contributed by atoms with Crippen molar-refractivity contribution in [3.63, 3.8) is 0 Å². The zero-order valence-electron chi connectivity index (χ0n) is 35.4. The number of carboxylic acid groups (broad SMARTS) is 1. The molecule has 0 heterocycles. The van der Waals surface area contributed by atoms with Crippen molar-refractivity contribution < 1.29 is 38.2 Å². The summed E-state index contributed by atoms with van der Waals surface area (Å²) in [4.78, 5) is 36.9. The van der Waals surface area contributed by atoms with Gasteiger partial charge < -0.3 is 23.8 Å². The van der Waals surface area contributed by atoms with Gasteiger partial charge in [-0.25, -0.2) is 4.79 Å². The lowest BCUT2D eigenvalue weighted by atomic mass is 10.0. The van der Waals surface area contributed by atoms with E-state index in [1.165, 1.54) is 89.9 Å². The molecule has 1 N–H and O–H groups in total. The molecule has 0 aliphatic heterocycles. The molecule has 8 nitrogen and oxygen atoms in total. The first kappa shape index (κ1) is 51.3. The molecule has 0 saturated heterocycles. The summed E-state index contributed by atoms with van der Waals surface area (Å²) in [6.07, 6.45) is 43.0. The molecule has 2 unspecified atom stereocenters. The third-order valence-corrected chi connectivity index (χ3v) is 9.59. The Balaban J connectivity index is 4.36. The number of ether oxygens (including phenoxy) is 3. The van der Waals surface area contributed by atoms with Gasteiger partial charge in [0.1, 0.15) is 6.61 Å². The highest BCUT2D eigenvalue weighted by Crippen LogP contribution is 2.15. The predicted molar refractivity (Wildman–Crippen MR) is 224 cm³/mol. The van der Waals surface area contributed by atoms with Crippen molar-refractivity contribution in [2.75, 3.05) is 41.0 Å². The first-order valence-corrected chi connectivity index (χ1v) is 21.7. The molecule has 0 rings (SSSR count). The summed E-state index contributed by atoms with van der Waals surface area (Å²) < 4.78 is 17.2. The number of quaternary nitrogens is 1. The van der Waals surface area contributed by atoms with Gasteiger partial charge in [-0.1, -0.05) is 172 Å². The zero-order valence-corrected chi connectivity index (χ0v) is 35.4. The summed E-state index contributed by atoms with van der Waals surface area (Å²) in [7, 11) is 5.51. The molecule has 0 amide bonds. The number of hydrogen-bond donors (Lipinski definition) is 1. The molecule has 0 aromatic carbocycles. The molecule has 0 spiro atoms. The molecule has 0 saturated carbocycles. The van der Waals surface area contributed by atoms with Crippen molar-refractivity contribution in [1.82, 2.24) is 0 Å². The van der Waals surface area contributed by atoms with E-state index < -0.39 is 18.1 Å². The number of aliphatic carboxylic acids is 1. The van der Waals surface area contributed by atoms with Crippen LogP contribution in [0.15, 0.2) is 48.6 Å². The van der Waals surface area contributed by atoms with E-state index in [0.717, 1.165) is 44.9 Å². The van der Waals surface area contributed by atoms with Crippen molar-refractivity contribution in [2.24, 2.45) is 0 Å². The summed E-state index contributed by atoms with van der Waals surface area (Å²) >= 11 is 0. The second-order valence-electron chi connectivity index (χ2n) is 15.7. The number of rotatable bonds is 38. The number of carbonyl (C=O) groups excluding carboxylic acids is 2. The standard InChI is InChI=1S/C46H81NO7/c1-6-8-10-12-14-16-18-20-21-22-23-25-26-28-30-32-34-36-44(48)53-41-42(40-52-39-38-43(46(50)51)47(3,4)5)54-45(49)37-35-33-31-29-27-24-19-17-15-13-11-9-7-2/h9,11,13,15,17,19,24,27,42-43H,6-8,10,12,14,16,18,20-23,25-26,28-41H2,1-5H3/p+1/b11-9+,15-13+,19-17+,27-24+. The van der Waals surface area contributed by atoms with Crippen LogP contribution in [0.2, 0.25) is 0 Å². The maximum absolute atomic E-state index is 12.7. The third-order valence-electron chi connectivity index (χ3n) is 9.59. The van der Waals surface area contributed by atoms with Crippen molar-refractivity contribution in [2.45, 2.75) is 187 Å². The topological polar surface area (TPSA) is 99.1 Å². The normalized spacial score (nSPS) is 13.4. The number of carboxylic acids is 1. The zero-order chi connectivity index (χ0) is 40.0. The lowest BCUT2D eigenvalue weighted by molar-refractivity contribution is -0.887. The minimum atomic E-state index is -0.882. The molecule has 0 aliphatic carbocycles. The third kappa shape index (κ3) is 35.0. The fourth-order valence-corrected chi connectivity index (χ4v) is 6.22. The second-order valence-corrected chi connectivity index (χ2v) is 15.7. The first-order chi connectivity index (χ1) is 26.1. The van der Waals surface area contributed by atoms with Crippen LogP contribution in [0.1, 0.15) is 174 Å². The van der Waals surface area contributed by atoms with Crippen LogP contribution in [0.5, 0.6) is 0 Å². The summed E-state index contributed by atoms with van der Waals surface area (Å²) in [5.41, 5.74) is 0. The second kappa shape index (κ2) is 37.2. The monoisotopic (exact) mass is 761 g/mol. The highest BCUT2D eigenvalue weighted by atomic mass is 16.6. The summed E-state index contributed by atoms with van der Waals surface area (Å²) in [5.74, 6) is -1.52. The smallest absolute Gasteiger partial charge is 0.362 e. The van der Waals surface area contributed by atoms with Crippen molar-refractivity contribution in [3.8, 4) is 0 Å². The van der Waals surface area contributed by atoms with Crippen molar-refractivity contribution in [1.29, 1.82) is 0 Å². The molecular weight excluding hydrogens is 679 g/mol. The fourth-order valence-electron chi connectivity index (χ4n) is 6.22. The van der Waals surface area contributed by atoms with Crippen molar-refractivity contribution >= 4 is 17.9 Å². The van der Waals surface area contributed by atoms with E-state index in [9.17, 15) is 19.5 Å². The van der Waals surface area contributed by atoms with Gasteiger partial charge in [0.05, 0.1) is 34.4 Å². The molecule has 0 radical (unpaired) electrons. The molecule has 0 aromatic rings. The first-order valence-electron chi connectivity index (χ1n) is 21.7. The minimum Gasteiger partial charge on any atom is -0.477 e. The molecular formula is C46H82NO7+. The minimum absolute atomic E-state index is 0.0457. The number of unbranched alkanes of at least 4 members (excludes halogenated alkanes) is 19. The van der Waals surface area contributed by atoms with E-state index in [4.69, 9.17) is 14.2 Å². The average Bonchev–Trinajstić information content (AvgIpc) is 3.12. The lowest BCUT2D eigenvalue weighted by Crippen LogP contribution is -2.50. The van der Waals surface area contributed by atoms with Crippen LogP contribution < -0.4 is 0 Å². The highest BCUT2D eigenvalue weighted by Gasteiger charge is 2.31. The van der Waals surface area contributed by atoms with E-state index in [0.29, 0.717) is 19.3 Å². The summed E-state index contributed by atoms with van der Waals surface area (Å²) in [6.45, 7) is 4.56. The fraction of sp³-hybridized carbons (Fsp3) is 0.761. The Morgan fingerprint density at radius 2 is 1.04 bits per heavy atom. The largest absolute Gasteiger partial charge is 0.477 e. The molecule has 312 valence electrons. The van der Waals surface area contributed by atoms with Crippen molar-refractivity contribution in [3.05, 3.63) is 48.6 Å². The van der Waals surface area contributed by atoms with E-state index in [1.807, 2.05) is 57.6 Å². The number of esters is 2. The van der Waals surface area contributed by atoms with Crippen LogP contribution in [-0.4, -0.2) is 80.6 Å². The Bertz CT molecular complexity index is 1030. The number of hydrogen-bond acceptors (Lipinski definition) is 6. The van der Waals surface area contributed by atoms with Gasteiger partial charge in [-0.15, -0.1) is 0 Å². The molecule has 0 fully saturated rings. The van der Waals surface area contributed by atoms with Gasteiger partial charge >= 0.3 is 17.9 Å². The van der Waals surface area contributed by atoms with E-state index in [2.05, 4.69) is 26.0 Å². The van der Waals surface area contributed by atoms with Crippen LogP contribution in [0.3, 0.4) is 0 Å². The summed E-state index contributed by atoms with van der Waals surface area (Å²) in [6, 6.07) is -0.621. The quantitative estimate of drug-likeness (QED) is 0.0289.